The van der Waals surface area contributed by atoms with Gasteiger partial charge in [-0.3, -0.25) is 4.79 Å². The third-order valence-electron chi connectivity index (χ3n) is 3.41. The fraction of sp³-hybridized carbons (Fsp3) is 0.526. The van der Waals surface area contributed by atoms with Gasteiger partial charge in [-0.05, 0) is 26.3 Å². The lowest BCUT2D eigenvalue weighted by Crippen LogP contribution is -2.48. The van der Waals surface area contributed by atoms with Crippen LogP contribution in [-0.4, -0.2) is 47.9 Å². The smallest absolute Gasteiger partial charge is 0.407 e. The number of alkyl carbamates (subject to hydrolysis) is 1. The number of amides is 2. The fourth-order valence-corrected chi connectivity index (χ4v) is 2.00. The molecule has 0 heterocycles. The maximum atomic E-state index is 12.2. The highest BCUT2D eigenvalue weighted by atomic mass is 16.6. The largest absolute Gasteiger partial charge is 0.480 e. The molecular formula is C19H28N2O6. The number of nitrogens with one attached hydrogen (secondary N) is 2. The van der Waals surface area contributed by atoms with E-state index in [1.165, 1.54) is 0 Å². The predicted molar refractivity (Wildman–Crippen MR) is 99.1 cm³/mol. The second-order valence-corrected chi connectivity index (χ2v) is 7.18. The second kappa shape index (κ2) is 10.5. The number of benzene rings is 1. The Kier molecular flexibility index (Phi) is 8.74. The average molecular weight is 380 g/mol. The molecular weight excluding hydrogens is 352 g/mol. The van der Waals surface area contributed by atoms with Crippen LogP contribution in [0.25, 0.3) is 0 Å². The van der Waals surface area contributed by atoms with Gasteiger partial charge in [-0.1, -0.05) is 37.3 Å². The molecule has 8 nitrogen and oxygen atoms in total. The van der Waals surface area contributed by atoms with E-state index in [0.29, 0.717) is 0 Å². The molecule has 1 unspecified atom stereocenters. The summed E-state index contributed by atoms with van der Waals surface area (Å²) in [6, 6.07) is 8.13. The summed E-state index contributed by atoms with van der Waals surface area (Å²) < 4.78 is 10.5. The minimum atomic E-state index is -1.19. The Labute approximate surface area is 159 Å². The van der Waals surface area contributed by atoms with Gasteiger partial charge in [0.05, 0.1) is 19.1 Å². The fourth-order valence-electron chi connectivity index (χ4n) is 2.00. The maximum Gasteiger partial charge on any atom is 0.407 e. The van der Waals surface area contributed by atoms with E-state index >= 15 is 0 Å². The van der Waals surface area contributed by atoms with Crippen LogP contribution in [0.15, 0.2) is 30.3 Å². The van der Waals surface area contributed by atoms with E-state index in [2.05, 4.69) is 10.6 Å². The number of aliphatic carboxylic acids is 1. The zero-order valence-corrected chi connectivity index (χ0v) is 16.2. The van der Waals surface area contributed by atoms with Crippen LogP contribution in [0, 0.1) is 5.92 Å². The highest BCUT2D eigenvalue weighted by Crippen LogP contribution is 2.07. The number of carboxylic acids is 1. The molecule has 0 radical (unpaired) electrons. The summed E-state index contributed by atoms with van der Waals surface area (Å²) in [6.45, 7) is 6.88. The van der Waals surface area contributed by atoms with Crippen LogP contribution in [0.1, 0.15) is 33.3 Å². The van der Waals surface area contributed by atoms with Crippen LogP contribution in [-0.2, 0) is 25.7 Å². The summed E-state index contributed by atoms with van der Waals surface area (Å²) in [5.74, 6) is -2.32. The number of ether oxygens (including phenoxy) is 2. The minimum absolute atomic E-state index is 0.0258. The summed E-state index contributed by atoms with van der Waals surface area (Å²) in [5, 5.41) is 14.2. The third kappa shape index (κ3) is 9.60. The van der Waals surface area contributed by atoms with Gasteiger partial charge >= 0.3 is 12.1 Å². The number of carboxylic acid groups (broad SMARTS) is 1. The molecule has 27 heavy (non-hydrogen) atoms. The van der Waals surface area contributed by atoms with E-state index in [4.69, 9.17) is 9.47 Å². The number of carbonyl (C=O) groups excluding carboxylic acids is 2. The topological polar surface area (TPSA) is 114 Å². The molecule has 0 bridgehead atoms. The Morgan fingerprint density at radius 1 is 1.15 bits per heavy atom. The van der Waals surface area contributed by atoms with E-state index in [1.54, 1.807) is 27.7 Å². The van der Waals surface area contributed by atoms with Crippen molar-refractivity contribution >= 4 is 18.0 Å². The molecule has 8 heteroatoms. The van der Waals surface area contributed by atoms with Crippen LogP contribution in [0.4, 0.5) is 4.79 Å². The molecule has 1 aromatic carbocycles. The lowest BCUT2D eigenvalue weighted by Gasteiger charge is -2.21. The van der Waals surface area contributed by atoms with Crippen molar-refractivity contribution in [1.29, 1.82) is 0 Å². The Bertz CT molecular complexity index is 627. The van der Waals surface area contributed by atoms with Crippen LogP contribution in [0.5, 0.6) is 0 Å². The quantitative estimate of drug-likeness (QED) is 0.603. The van der Waals surface area contributed by atoms with Gasteiger partial charge in [-0.15, -0.1) is 0 Å². The molecule has 0 aliphatic carbocycles. The minimum Gasteiger partial charge on any atom is -0.480 e. The molecule has 0 aliphatic heterocycles. The Morgan fingerprint density at radius 3 is 2.33 bits per heavy atom. The molecule has 1 aromatic rings. The first-order valence-corrected chi connectivity index (χ1v) is 8.70. The van der Waals surface area contributed by atoms with Crippen molar-refractivity contribution < 1.29 is 29.0 Å². The van der Waals surface area contributed by atoms with Crippen LogP contribution >= 0.6 is 0 Å². The molecule has 0 saturated carbocycles. The summed E-state index contributed by atoms with van der Waals surface area (Å²) >= 11 is 0. The van der Waals surface area contributed by atoms with Gasteiger partial charge in [0.25, 0.3) is 0 Å². The first-order valence-electron chi connectivity index (χ1n) is 8.70. The molecule has 2 amide bonds. The van der Waals surface area contributed by atoms with Crippen molar-refractivity contribution in [2.24, 2.45) is 5.92 Å². The van der Waals surface area contributed by atoms with Crippen molar-refractivity contribution in [2.75, 3.05) is 13.2 Å². The van der Waals surface area contributed by atoms with Gasteiger partial charge in [0, 0.05) is 6.54 Å². The number of rotatable bonds is 9. The molecule has 0 spiro atoms. The van der Waals surface area contributed by atoms with E-state index in [-0.39, 0.29) is 19.8 Å². The number of hydrogen-bond donors (Lipinski definition) is 3. The zero-order chi connectivity index (χ0) is 20.4. The van der Waals surface area contributed by atoms with E-state index < -0.39 is 35.5 Å². The molecule has 0 saturated heterocycles. The molecule has 1 rings (SSSR count). The molecule has 3 N–H and O–H groups in total. The van der Waals surface area contributed by atoms with Crippen molar-refractivity contribution in [1.82, 2.24) is 10.6 Å². The zero-order valence-electron chi connectivity index (χ0n) is 16.2. The second-order valence-electron chi connectivity index (χ2n) is 7.18. The van der Waals surface area contributed by atoms with Gasteiger partial charge < -0.3 is 25.2 Å². The van der Waals surface area contributed by atoms with Gasteiger partial charge in [-0.25, -0.2) is 9.59 Å². The molecule has 0 aliphatic rings. The van der Waals surface area contributed by atoms with Crippen LogP contribution < -0.4 is 10.6 Å². The maximum absolute atomic E-state index is 12.2. The Hall–Kier alpha value is -2.61. The average Bonchev–Trinajstić information content (AvgIpc) is 2.57. The number of hydrogen-bond acceptors (Lipinski definition) is 5. The van der Waals surface area contributed by atoms with Crippen molar-refractivity contribution in [3.63, 3.8) is 0 Å². The highest BCUT2D eigenvalue weighted by molar-refractivity contribution is 5.85. The molecule has 0 fully saturated rings. The normalized spacial score (nSPS) is 13.3. The van der Waals surface area contributed by atoms with Crippen LogP contribution in [0.3, 0.4) is 0 Å². The Morgan fingerprint density at radius 2 is 1.78 bits per heavy atom. The van der Waals surface area contributed by atoms with E-state index in [1.807, 2.05) is 30.3 Å². The lowest BCUT2D eigenvalue weighted by atomic mass is 10.1. The lowest BCUT2D eigenvalue weighted by molar-refractivity contribution is -0.144. The van der Waals surface area contributed by atoms with Gasteiger partial charge in [0.2, 0.25) is 5.91 Å². The van der Waals surface area contributed by atoms with Gasteiger partial charge in [0.15, 0.2) is 6.04 Å². The SMILES string of the molecule is CC(CNC(=O)OC(C)(C)C)C(=O)N[C@@H](COCc1ccccc1)C(=O)O. The summed E-state index contributed by atoms with van der Waals surface area (Å²) in [4.78, 5) is 35.1. The Balaban J connectivity index is 2.42. The highest BCUT2D eigenvalue weighted by Gasteiger charge is 2.24. The monoisotopic (exact) mass is 380 g/mol. The van der Waals surface area contributed by atoms with Crippen LogP contribution in [0.2, 0.25) is 0 Å². The molecule has 2 atom stereocenters. The summed E-state index contributed by atoms with van der Waals surface area (Å²) in [6.07, 6.45) is -0.636. The summed E-state index contributed by atoms with van der Waals surface area (Å²) in [5.41, 5.74) is 0.267. The van der Waals surface area contributed by atoms with E-state index in [9.17, 15) is 19.5 Å². The predicted octanol–water partition coefficient (Wildman–Crippen LogP) is 1.93. The van der Waals surface area contributed by atoms with Gasteiger partial charge in [0.1, 0.15) is 5.60 Å². The molecule has 0 aromatic heterocycles. The van der Waals surface area contributed by atoms with E-state index in [0.717, 1.165) is 5.56 Å². The first kappa shape index (κ1) is 22.4. The number of carbonyl (C=O) groups is 3. The molecule has 150 valence electrons. The standard InChI is InChI=1S/C19H28N2O6/c1-13(10-20-18(25)27-19(2,3)4)16(22)21-15(17(23)24)12-26-11-14-8-6-5-7-9-14/h5-9,13,15H,10-12H2,1-4H3,(H,20,25)(H,21,22)(H,23,24)/t13?,15-/m0/s1. The van der Waals surface area contributed by atoms with Crippen molar-refractivity contribution in [3.8, 4) is 0 Å². The van der Waals surface area contributed by atoms with Crippen molar-refractivity contribution in [2.45, 2.75) is 45.9 Å². The first-order chi connectivity index (χ1) is 12.6. The van der Waals surface area contributed by atoms with Crippen molar-refractivity contribution in [3.05, 3.63) is 35.9 Å². The summed E-state index contributed by atoms with van der Waals surface area (Å²) in [7, 11) is 0. The third-order valence-corrected chi connectivity index (χ3v) is 3.41. The van der Waals surface area contributed by atoms with Gasteiger partial charge in [-0.2, -0.15) is 0 Å².